The summed E-state index contributed by atoms with van der Waals surface area (Å²) in [6.45, 7) is -0.224. The number of hydrogen-bond acceptors (Lipinski definition) is 4. The molecule has 0 aromatic carbocycles. The lowest BCUT2D eigenvalue weighted by molar-refractivity contribution is -0.132. The van der Waals surface area contributed by atoms with Gasteiger partial charge >= 0.3 is 6.18 Å². The standard InChI is InChI=1S/C9H11F3N4S/c1-16(5-2-9(10,11)12)8-6(7(13)17)14-3-4-15-8/h3-4H,2,5H2,1H3,(H2,13,17). The second-order valence-corrected chi connectivity index (χ2v) is 3.82. The molecule has 0 radical (unpaired) electrons. The third-order valence-corrected chi connectivity index (χ3v) is 2.20. The van der Waals surface area contributed by atoms with Gasteiger partial charge in [0.05, 0.1) is 6.42 Å². The molecule has 1 aromatic heterocycles. The number of halogens is 3. The second kappa shape index (κ2) is 5.26. The molecule has 2 N–H and O–H groups in total. The molecule has 1 rings (SSSR count). The fourth-order valence-electron chi connectivity index (χ4n) is 1.18. The van der Waals surface area contributed by atoms with E-state index in [0.717, 1.165) is 0 Å². The van der Waals surface area contributed by atoms with Crippen molar-refractivity contribution in [2.75, 3.05) is 18.5 Å². The second-order valence-electron chi connectivity index (χ2n) is 3.38. The lowest BCUT2D eigenvalue weighted by Crippen LogP contribution is -2.28. The van der Waals surface area contributed by atoms with Crippen LogP contribution >= 0.6 is 12.2 Å². The number of rotatable bonds is 4. The highest BCUT2D eigenvalue weighted by Crippen LogP contribution is 2.21. The topological polar surface area (TPSA) is 55.0 Å². The molecule has 0 spiro atoms. The summed E-state index contributed by atoms with van der Waals surface area (Å²) in [6.07, 6.45) is -2.38. The quantitative estimate of drug-likeness (QED) is 0.835. The van der Waals surface area contributed by atoms with Crippen molar-refractivity contribution < 1.29 is 13.2 Å². The fourth-order valence-corrected chi connectivity index (χ4v) is 1.33. The number of thiocarbonyl (C=S) groups is 1. The Balaban J connectivity index is 2.82. The van der Waals surface area contributed by atoms with Crippen LogP contribution in [0.25, 0.3) is 0 Å². The van der Waals surface area contributed by atoms with Crippen molar-refractivity contribution in [3.63, 3.8) is 0 Å². The van der Waals surface area contributed by atoms with Crippen LogP contribution < -0.4 is 10.6 Å². The van der Waals surface area contributed by atoms with Crippen LogP contribution in [0.2, 0.25) is 0 Å². The van der Waals surface area contributed by atoms with E-state index in [-0.39, 0.29) is 23.0 Å². The van der Waals surface area contributed by atoms with E-state index in [1.807, 2.05) is 0 Å². The highest BCUT2D eigenvalue weighted by molar-refractivity contribution is 7.80. The van der Waals surface area contributed by atoms with Crippen molar-refractivity contribution in [3.05, 3.63) is 18.1 Å². The van der Waals surface area contributed by atoms with E-state index in [1.165, 1.54) is 24.3 Å². The van der Waals surface area contributed by atoms with Crippen molar-refractivity contribution in [2.24, 2.45) is 5.73 Å². The lowest BCUT2D eigenvalue weighted by atomic mass is 10.3. The summed E-state index contributed by atoms with van der Waals surface area (Å²) in [5.41, 5.74) is 5.64. The van der Waals surface area contributed by atoms with E-state index < -0.39 is 12.6 Å². The van der Waals surface area contributed by atoms with Gasteiger partial charge in [0.2, 0.25) is 0 Å². The monoisotopic (exact) mass is 264 g/mol. The highest BCUT2D eigenvalue weighted by atomic mass is 32.1. The maximum absolute atomic E-state index is 12.1. The average Bonchev–Trinajstić information content (AvgIpc) is 2.25. The van der Waals surface area contributed by atoms with Crippen LogP contribution in [0.5, 0.6) is 0 Å². The van der Waals surface area contributed by atoms with Crippen LogP contribution in [0, 0.1) is 0 Å². The Morgan fingerprint density at radius 1 is 1.41 bits per heavy atom. The molecule has 94 valence electrons. The maximum Gasteiger partial charge on any atom is 0.390 e. The molecule has 0 saturated heterocycles. The smallest absolute Gasteiger partial charge is 0.388 e. The van der Waals surface area contributed by atoms with Crippen molar-refractivity contribution in [2.45, 2.75) is 12.6 Å². The number of anilines is 1. The van der Waals surface area contributed by atoms with Crippen LogP contribution in [0.1, 0.15) is 12.1 Å². The summed E-state index contributed by atoms with van der Waals surface area (Å²) < 4.78 is 36.2. The third kappa shape index (κ3) is 4.14. The molecule has 0 fully saturated rings. The fraction of sp³-hybridized carbons (Fsp3) is 0.444. The third-order valence-electron chi connectivity index (χ3n) is 2.00. The molecule has 0 unspecified atom stereocenters. The van der Waals surface area contributed by atoms with Gasteiger partial charge in [0.1, 0.15) is 10.7 Å². The van der Waals surface area contributed by atoms with Crippen LogP contribution in [0.4, 0.5) is 19.0 Å². The van der Waals surface area contributed by atoms with Crippen LogP contribution in [0.3, 0.4) is 0 Å². The van der Waals surface area contributed by atoms with E-state index in [0.29, 0.717) is 0 Å². The van der Waals surface area contributed by atoms with E-state index in [9.17, 15) is 13.2 Å². The molecule has 0 saturated carbocycles. The first-order valence-electron chi connectivity index (χ1n) is 4.70. The van der Waals surface area contributed by atoms with E-state index in [2.05, 4.69) is 9.97 Å². The Bertz CT molecular complexity index is 407. The predicted octanol–water partition coefficient (Wildman–Crippen LogP) is 1.50. The largest absolute Gasteiger partial charge is 0.390 e. The van der Waals surface area contributed by atoms with E-state index in [4.69, 9.17) is 18.0 Å². The van der Waals surface area contributed by atoms with E-state index >= 15 is 0 Å². The Morgan fingerprint density at radius 3 is 2.53 bits per heavy atom. The number of nitrogens with two attached hydrogens (primary N) is 1. The van der Waals surface area contributed by atoms with Crippen LogP contribution in [-0.4, -0.2) is 34.7 Å². The molecule has 0 atom stereocenters. The van der Waals surface area contributed by atoms with Crippen LogP contribution in [-0.2, 0) is 0 Å². The Morgan fingerprint density at radius 2 is 2.00 bits per heavy atom. The van der Waals surface area contributed by atoms with Gasteiger partial charge in [-0.15, -0.1) is 0 Å². The van der Waals surface area contributed by atoms with Crippen LogP contribution in [0.15, 0.2) is 12.4 Å². The first kappa shape index (κ1) is 13.6. The van der Waals surface area contributed by atoms with Gasteiger partial charge in [-0.1, -0.05) is 12.2 Å². The summed E-state index contributed by atoms with van der Waals surface area (Å²) in [4.78, 5) is 9.16. The molecule has 0 amide bonds. The molecule has 1 aromatic rings. The molecule has 0 aliphatic heterocycles. The zero-order chi connectivity index (χ0) is 13.1. The van der Waals surface area contributed by atoms with Crippen molar-refractivity contribution in [3.8, 4) is 0 Å². The van der Waals surface area contributed by atoms with Gasteiger partial charge in [-0.3, -0.25) is 0 Å². The zero-order valence-electron chi connectivity index (χ0n) is 9.03. The van der Waals surface area contributed by atoms with Gasteiger partial charge in [0.15, 0.2) is 5.82 Å². The normalized spacial score (nSPS) is 11.3. The van der Waals surface area contributed by atoms with Gasteiger partial charge in [-0.2, -0.15) is 13.2 Å². The highest BCUT2D eigenvalue weighted by Gasteiger charge is 2.27. The van der Waals surface area contributed by atoms with Gasteiger partial charge in [0.25, 0.3) is 0 Å². The lowest BCUT2D eigenvalue weighted by Gasteiger charge is -2.20. The van der Waals surface area contributed by atoms with Crippen molar-refractivity contribution in [1.82, 2.24) is 9.97 Å². The molecule has 4 nitrogen and oxygen atoms in total. The van der Waals surface area contributed by atoms with Crippen molar-refractivity contribution >= 4 is 23.0 Å². The molecule has 0 bridgehead atoms. The zero-order valence-corrected chi connectivity index (χ0v) is 9.85. The molecular formula is C9H11F3N4S. The Kier molecular flexibility index (Phi) is 4.22. The first-order chi connectivity index (χ1) is 7.81. The summed E-state index contributed by atoms with van der Waals surface area (Å²) in [5, 5.41) is 0. The van der Waals surface area contributed by atoms with E-state index in [1.54, 1.807) is 0 Å². The predicted molar refractivity (Wildman–Crippen MR) is 61.9 cm³/mol. The van der Waals surface area contributed by atoms with Gasteiger partial charge in [-0.25, -0.2) is 9.97 Å². The maximum atomic E-state index is 12.1. The minimum Gasteiger partial charge on any atom is -0.388 e. The molecular weight excluding hydrogens is 253 g/mol. The van der Waals surface area contributed by atoms with Gasteiger partial charge < -0.3 is 10.6 Å². The average molecular weight is 264 g/mol. The number of nitrogens with zero attached hydrogens (tertiary/aromatic N) is 3. The summed E-state index contributed by atoms with van der Waals surface area (Å²) >= 11 is 4.75. The number of aromatic nitrogens is 2. The Labute approximate surface area is 102 Å². The summed E-state index contributed by atoms with van der Waals surface area (Å²) in [6, 6.07) is 0. The number of hydrogen-bond donors (Lipinski definition) is 1. The number of alkyl halides is 3. The molecule has 0 aliphatic rings. The van der Waals surface area contributed by atoms with Crippen molar-refractivity contribution in [1.29, 1.82) is 0 Å². The minimum atomic E-state index is -4.21. The Hall–Kier alpha value is -1.44. The summed E-state index contributed by atoms with van der Waals surface area (Å²) in [5.74, 6) is 0.254. The molecule has 8 heteroatoms. The van der Waals surface area contributed by atoms with Gasteiger partial charge in [0, 0.05) is 26.0 Å². The SMILES string of the molecule is CN(CCC(F)(F)F)c1nccnc1C(N)=S. The molecule has 17 heavy (non-hydrogen) atoms. The molecule has 1 heterocycles. The van der Waals surface area contributed by atoms with Gasteiger partial charge in [-0.05, 0) is 0 Å². The minimum absolute atomic E-state index is 0.00644. The summed E-state index contributed by atoms with van der Waals surface area (Å²) in [7, 11) is 1.48. The first-order valence-corrected chi connectivity index (χ1v) is 5.11. The molecule has 0 aliphatic carbocycles.